The highest BCUT2D eigenvalue weighted by atomic mass is 35.5. The number of methoxy groups -OCH3 is 2. The maximum absolute atomic E-state index is 12.3. The molecule has 5 aromatic rings. The topological polar surface area (TPSA) is 196 Å². The summed E-state index contributed by atoms with van der Waals surface area (Å²) < 4.78 is 97.6. The van der Waals surface area contributed by atoms with Gasteiger partial charge >= 0.3 is 39.5 Å². The lowest BCUT2D eigenvalue weighted by Gasteiger charge is -2.13. The molecule has 5 aromatic carbocycles. The van der Waals surface area contributed by atoms with Gasteiger partial charge in [-0.05, 0) is 130 Å². The van der Waals surface area contributed by atoms with Crippen LogP contribution in [0, 0.1) is 20.8 Å². The molecule has 0 aliphatic rings. The van der Waals surface area contributed by atoms with Crippen molar-refractivity contribution in [2.75, 3.05) is 40.6 Å². The smallest absolute Gasteiger partial charge is 0.504 e. The monoisotopic (exact) mass is 1050 g/mol. The SMILES string of the molecule is CCOC(=O)Cc1ccc(C)c(C)c1.CCOC(=O)Cc1ccc(C)c(Oc2ccccc2Cl)c1.CCOC(=O)Cc1ccc(O)c(OC)c1.CCOC(=O)Cc1ccc(OS(=O)(=O)C(F)(F)F)c(OC)c1. The number of alkyl halides is 3. The van der Waals surface area contributed by atoms with Crippen LogP contribution in [0.5, 0.6) is 34.5 Å². The number of hydrogen-bond acceptors (Lipinski definition) is 15. The Bertz CT molecular complexity index is 2670. The Balaban J connectivity index is 0.000000335. The molecule has 5 rings (SSSR count). The number of aromatic hydroxyl groups is 1. The van der Waals surface area contributed by atoms with Crippen molar-refractivity contribution in [3.05, 3.63) is 141 Å². The van der Waals surface area contributed by atoms with Gasteiger partial charge in [0.1, 0.15) is 11.5 Å². The van der Waals surface area contributed by atoms with Crippen molar-refractivity contribution in [3.8, 4) is 34.5 Å². The highest BCUT2D eigenvalue weighted by Gasteiger charge is 2.49. The van der Waals surface area contributed by atoms with Gasteiger partial charge in [-0.15, -0.1) is 0 Å². The van der Waals surface area contributed by atoms with Crippen LogP contribution in [0.2, 0.25) is 5.02 Å². The average Bonchev–Trinajstić information content (AvgIpc) is 3.31. The number of hydrogen-bond donors (Lipinski definition) is 1. The van der Waals surface area contributed by atoms with Crippen LogP contribution in [0.3, 0.4) is 0 Å². The van der Waals surface area contributed by atoms with E-state index in [9.17, 15) is 45.9 Å². The van der Waals surface area contributed by atoms with Crippen molar-refractivity contribution >= 4 is 45.6 Å². The van der Waals surface area contributed by atoms with Crippen LogP contribution in [0.25, 0.3) is 0 Å². The molecule has 0 atom stereocenters. The number of carbonyl (C=O) groups excluding carboxylic acids is 4. The zero-order valence-corrected chi connectivity index (χ0v) is 43.0. The van der Waals surface area contributed by atoms with Crippen LogP contribution < -0.4 is 18.4 Å². The lowest BCUT2D eigenvalue weighted by Crippen LogP contribution is -2.28. The molecule has 0 heterocycles. The molecule has 0 aromatic heterocycles. The molecule has 0 aliphatic carbocycles. The first-order valence-corrected chi connectivity index (χ1v) is 24.0. The van der Waals surface area contributed by atoms with Crippen molar-refractivity contribution in [3.63, 3.8) is 0 Å². The van der Waals surface area contributed by atoms with Gasteiger partial charge in [0, 0.05) is 0 Å². The molecule has 0 amide bonds. The molecule has 0 saturated carbocycles. The summed E-state index contributed by atoms with van der Waals surface area (Å²) in [6.07, 6.45) is 0.642. The fourth-order valence-corrected chi connectivity index (χ4v) is 6.47. The first-order chi connectivity index (χ1) is 34.0. The van der Waals surface area contributed by atoms with Crippen LogP contribution in [0.15, 0.2) is 97.1 Å². The zero-order valence-electron chi connectivity index (χ0n) is 41.5. The molecule has 0 aliphatic heterocycles. The van der Waals surface area contributed by atoms with Crippen LogP contribution in [0.1, 0.15) is 66.6 Å². The predicted octanol–water partition coefficient (Wildman–Crippen LogP) is 10.5. The summed E-state index contributed by atoms with van der Waals surface area (Å²) in [5.74, 6) is -0.420. The van der Waals surface area contributed by atoms with E-state index in [4.69, 9.17) is 44.8 Å². The lowest BCUT2D eigenvalue weighted by atomic mass is 10.0. The third-order valence-electron chi connectivity index (χ3n) is 9.45. The fourth-order valence-electron chi connectivity index (χ4n) is 5.83. The van der Waals surface area contributed by atoms with E-state index in [1.165, 1.54) is 36.4 Å². The van der Waals surface area contributed by atoms with E-state index >= 15 is 0 Å². The molecule has 15 nitrogen and oxygen atoms in total. The lowest BCUT2D eigenvalue weighted by molar-refractivity contribution is -0.143. The molecule has 0 spiro atoms. The molecule has 1 N–H and O–H groups in total. The quantitative estimate of drug-likeness (QED) is 0.0376. The van der Waals surface area contributed by atoms with Crippen LogP contribution in [0.4, 0.5) is 13.2 Å². The Morgan fingerprint density at radius 2 is 0.917 bits per heavy atom. The third kappa shape index (κ3) is 21.6. The molecule has 0 radical (unpaired) electrons. The van der Waals surface area contributed by atoms with Crippen molar-refractivity contribution in [1.29, 1.82) is 0 Å². The normalized spacial score (nSPS) is 10.6. The zero-order chi connectivity index (χ0) is 54.0. The number of halogens is 4. The molecule has 0 unspecified atom stereocenters. The summed E-state index contributed by atoms with van der Waals surface area (Å²) in [7, 11) is -3.22. The second-order valence-corrected chi connectivity index (χ2v) is 16.9. The minimum atomic E-state index is -5.80. The third-order valence-corrected chi connectivity index (χ3v) is 10.7. The van der Waals surface area contributed by atoms with E-state index in [-0.39, 0.29) is 55.3 Å². The number of aryl methyl sites for hydroxylation is 3. The van der Waals surface area contributed by atoms with Gasteiger partial charge in [0.25, 0.3) is 0 Å². The van der Waals surface area contributed by atoms with E-state index < -0.39 is 27.3 Å². The van der Waals surface area contributed by atoms with Crippen molar-refractivity contribution in [2.24, 2.45) is 0 Å². The van der Waals surface area contributed by atoms with Gasteiger partial charge in [0.2, 0.25) is 0 Å². The highest BCUT2D eigenvalue weighted by Crippen LogP contribution is 2.34. The average molecular weight is 1050 g/mol. The van der Waals surface area contributed by atoms with Crippen molar-refractivity contribution in [1.82, 2.24) is 0 Å². The van der Waals surface area contributed by atoms with Crippen LogP contribution >= 0.6 is 11.6 Å². The number of phenols is 1. The Morgan fingerprint density at radius 1 is 0.514 bits per heavy atom. The molecular formula is C52H60ClF3O15S. The van der Waals surface area contributed by atoms with E-state index in [1.807, 2.05) is 69.3 Å². The maximum Gasteiger partial charge on any atom is 0.534 e. The molecule has 0 bridgehead atoms. The Labute approximate surface area is 423 Å². The first-order valence-electron chi connectivity index (χ1n) is 22.2. The van der Waals surface area contributed by atoms with Gasteiger partial charge in [0.15, 0.2) is 23.0 Å². The number of esters is 4. The number of rotatable bonds is 18. The van der Waals surface area contributed by atoms with Crippen molar-refractivity contribution < 1.29 is 83.2 Å². The summed E-state index contributed by atoms with van der Waals surface area (Å²) in [5.41, 5.74) is 0.872. The minimum absolute atomic E-state index is 0.0603. The second-order valence-electron chi connectivity index (χ2n) is 15.0. The van der Waals surface area contributed by atoms with E-state index in [1.54, 1.807) is 45.0 Å². The number of ether oxygens (including phenoxy) is 7. The molecule has 20 heteroatoms. The molecule has 392 valence electrons. The highest BCUT2D eigenvalue weighted by molar-refractivity contribution is 7.88. The van der Waals surface area contributed by atoms with Gasteiger partial charge in [-0.2, -0.15) is 21.6 Å². The van der Waals surface area contributed by atoms with Gasteiger partial charge in [-0.25, -0.2) is 0 Å². The van der Waals surface area contributed by atoms with Gasteiger partial charge in [-0.1, -0.05) is 66.2 Å². The number of para-hydroxylation sites is 1. The summed E-state index contributed by atoms with van der Waals surface area (Å²) in [6, 6.07) is 27.1. The number of carbonyl (C=O) groups is 4. The van der Waals surface area contributed by atoms with Crippen LogP contribution in [-0.4, -0.2) is 83.6 Å². The maximum atomic E-state index is 12.3. The summed E-state index contributed by atoms with van der Waals surface area (Å²) >= 11 is 6.09. The summed E-state index contributed by atoms with van der Waals surface area (Å²) in [6.45, 7) is 14.4. The fraction of sp³-hybridized carbons (Fsp3) is 0.346. The van der Waals surface area contributed by atoms with Gasteiger partial charge in [0.05, 0.1) is 71.4 Å². The van der Waals surface area contributed by atoms with E-state index in [2.05, 4.69) is 11.1 Å². The standard InChI is InChI=1S/C17H17ClO3.C12H13F3O6S.C12H16O2.C11H14O4/c1-3-20-17(19)11-13-9-8-12(2)16(10-13)21-15-7-5-4-6-14(15)18;1-3-20-11(16)7-8-4-5-9(10(6-8)19-2)21-22(17,18)12(13,14)15;1-4-14-12(13)8-11-6-5-9(2)10(3)7-11;1-3-15-11(13)7-8-4-5-9(12)10(6-8)14-2/h4-10H,3,11H2,1-2H3;4-6H,3,7H2,1-2H3;5-7H,4,8H2,1-3H3;4-6,12H,3,7H2,1-2H3. The molecular weight excluding hydrogens is 989 g/mol. The van der Waals surface area contributed by atoms with Crippen molar-refractivity contribution in [2.45, 2.75) is 79.7 Å². The minimum Gasteiger partial charge on any atom is -0.504 e. The summed E-state index contributed by atoms with van der Waals surface area (Å²) in [4.78, 5) is 45.2. The first kappa shape index (κ1) is 61.1. The number of phenolic OH excluding ortho intramolecular Hbond substituents is 1. The predicted molar refractivity (Wildman–Crippen MR) is 263 cm³/mol. The Hall–Kier alpha value is -6.99. The van der Waals surface area contributed by atoms with Gasteiger partial charge < -0.3 is 42.4 Å². The van der Waals surface area contributed by atoms with E-state index in [0.717, 1.165) is 35.4 Å². The van der Waals surface area contributed by atoms with E-state index in [0.29, 0.717) is 54.1 Å². The summed E-state index contributed by atoms with van der Waals surface area (Å²) in [5, 5.41) is 9.88. The largest absolute Gasteiger partial charge is 0.534 e. The Kier molecular flexibility index (Phi) is 26.1. The molecule has 0 saturated heterocycles. The molecule has 72 heavy (non-hydrogen) atoms. The number of benzene rings is 5. The van der Waals surface area contributed by atoms with Gasteiger partial charge in [-0.3, -0.25) is 19.2 Å². The van der Waals surface area contributed by atoms with Crippen LogP contribution in [-0.2, 0) is 73.9 Å². The second kappa shape index (κ2) is 30.7. The Morgan fingerprint density at radius 3 is 1.35 bits per heavy atom. The molecule has 0 fully saturated rings.